The molecule has 0 aliphatic carbocycles. The van der Waals surface area contributed by atoms with E-state index < -0.39 is 0 Å². The lowest BCUT2D eigenvalue weighted by atomic mass is 10.4. The molecule has 40 valence electrons. The van der Waals surface area contributed by atoms with Crippen LogP contribution in [0.2, 0.25) is 0 Å². The van der Waals surface area contributed by atoms with Crippen molar-refractivity contribution in [3.05, 3.63) is 11.8 Å². The molecule has 1 aliphatic heterocycles. The Morgan fingerprint density at radius 3 is 2.14 bits per heavy atom. The lowest BCUT2D eigenvalue weighted by Crippen LogP contribution is -1.80. The van der Waals surface area contributed by atoms with Crippen LogP contribution < -0.4 is 0 Å². The highest BCUT2D eigenvalue weighted by molar-refractivity contribution is 4.97. The fourth-order valence-corrected chi connectivity index (χ4v) is 0.552. The van der Waals surface area contributed by atoms with E-state index in [1.54, 1.807) is 0 Å². The smallest absolute Gasteiger partial charge is 0.0349 e. The van der Waals surface area contributed by atoms with Crippen LogP contribution in [-0.4, -0.2) is 18.0 Å². The van der Waals surface area contributed by atoms with E-state index in [4.69, 9.17) is 0 Å². The predicted octanol–water partition coefficient (Wildman–Crippen LogP) is 1.23. The van der Waals surface area contributed by atoms with Gasteiger partial charge in [0.2, 0.25) is 0 Å². The highest BCUT2D eigenvalue weighted by Gasteiger charge is 2.10. The first-order valence-corrected chi connectivity index (χ1v) is 2.68. The molecule has 1 fully saturated rings. The van der Waals surface area contributed by atoms with Crippen molar-refractivity contribution in [3.63, 3.8) is 0 Å². The van der Waals surface area contributed by atoms with Crippen LogP contribution >= 0.6 is 0 Å². The summed E-state index contributed by atoms with van der Waals surface area (Å²) in [6, 6.07) is 0. The molecule has 0 spiro atoms. The highest BCUT2D eigenvalue weighted by atomic mass is 15.2. The molecule has 0 bridgehead atoms. The van der Waals surface area contributed by atoms with Gasteiger partial charge < -0.3 is 4.90 Å². The van der Waals surface area contributed by atoms with Crippen LogP contribution in [0, 0.1) is 0 Å². The van der Waals surface area contributed by atoms with Crippen LogP contribution in [0.4, 0.5) is 0 Å². The molecule has 0 aromatic heterocycles. The summed E-state index contributed by atoms with van der Waals surface area (Å²) in [5.74, 6) is 0. The van der Waals surface area contributed by atoms with Gasteiger partial charge in [-0.1, -0.05) is 5.57 Å². The van der Waals surface area contributed by atoms with E-state index in [1.165, 1.54) is 18.7 Å². The number of rotatable bonds is 1. The number of nitrogens with zero attached hydrogens (tertiary/aromatic N) is 1. The summed E-state index contributed by atoms with van der Waals surface area (Å²) in [6.07, 6.45) is 2.19. The minimum Gasteiger partial charge on any atom is -0.374 e. The Kier molecular flexibility index (Phi) is 1.05. The summed E-state index contributed by atoms with van der Waals surface area (Å²) in [4.78, 5) is 2.29. The fraction of sp³-hybridized carbons (Fsp3) is 0.667. The van der Waals surface area contributed by atoms with Gasteiger partial charge >= 0.3 is 0 Å². The molecule has 1 heterocycles. The summed E-state index contributed by atoms with van der Waals surface area (Å²) in [7, 11) is 0. The van der Waals surface area contributed by atoms with Crippen LogP contribution in [0.15, 0.2) is 11.8 Å². The molecule has 1 nitrogen and oxygen atoms in total. The molecular formula is C6H11N. The van der Waals surface area contributed by atoms with Gasteiger partial charge in [0.15, 0.2) is 0 Å². The quantitative estimate of drug-likeness (QED) is 0.445. The molecule has 0 radical (unpaired) electrons. The van der Waals surface area contributed by atoms with Crippen molar-refractivity contribution >= 4 is 0 Å². The predicted molar refractivity (Wildman–Crippen MR) is 31.0 cm³/mol. The van der Waals surface area contributed by atoms with Crippen molar-refractivity contribution in [1.29, 1.82) is 0 Å². The van der Waals surface area contributed by atoms with Crippen molar-refractivity contribution in [3.8, 4) is 0 Å². The Bertz CT molecular complexity index is 86.4. The molecule has 7 heavy (non-hydrogen) atoms. The molecular weight excluding hydrogens is 86.1 g/mol. The zero-order valence-electron chi connectivity index (χ0n) is 4.94. The summed E-state index contributed by atoms with van der Waals surface area (Å²) in [5, 5.41) is 0. The van der Waals surface area contributed by atoms with E-state index in [1.807, 2.05) is 0 Å². The molecule has 1 rings (SSSR count). The third kappa shape index (κ3) is 1.62. The maximum Gasteiger partial charge on any atom is 0.0349 e. The first-order valence-electron chi connectivity index (χ1n) is 2.68. The molecule has 1 heteroatoms. The van der Waals surface area contributed by atoms with Gasteiger partial charge in [-0.2, -0.15) is 0 Å². The second-order valence-corrected chi connectivity index (χ2v) is 2.24. The van der Waals surface area contributed by atoms with E-state index in [0.717, 1.165) is 0 Å². The Hall–Kier alpha value is -0.460. The SMILES string of the molecule is CC(C)=CN1CC1. The van der Waals surface area contributed by atoms with Gasteiger partial charge in [0.25, 0.3) is 0 Å². The maximum absolute atomic E-state index is 2.29. The van der Waals surface area contributed by atoms with E-state index in [2.05, 4.69) is 24.9 Å². The highest BCUT2D eigenvalue weighted by Crippen LogP contribution is 2.05. The topological polar surface area (TPSA) is 3.01 Å². The lowest BCUT2D eigenvalue weighted by Gasteiger charge is -1.89. The second kappa shape index (κ2) is 1.57. The Morgan fingerprint density at radius 1 is 1.43 bits per heavy atom. The average molecular weight is 97.2 g/mol. The third-order valence-electron chi connectivity index (χ3n) is 0.923. The monoisotopic (exact) mass is 97.1 g/mol. The standard InChI is InChI=1S/C6H11N/c1-6(2)5-7-3-4-7/h5H,3-4H2,1-2H3. The van der Waals surface area contributed by atoms with Gasteiger partial charge in [-0.15, -0.1) is 0 Å². The first-order chi connectivity index (χ1) is 3.29. The van der Waals surface area contributed by atoms with E-state index >= 15 is 0 Å². The molecule has 0 unspecified atom stereocenters. The fourth-order valence-electron chi connectivity index (χ4n) is 0.552. The van der Waals surface area contributed by atoms with Gasteiger partial charge in [0.1, 0.15) is 0 Å². The lowest BCUT2D eigenvalue weighted by molar-refractivity contribution is 0.761. The molecule has 0 aromatic rings. The molecule has 0 atom stereocenters. The van der Waals surface area contributed by atoms with E-state index in [-0.39, 0.29) is 0 Å². The normalized spacial score (nSPS) is 16.6. The van der Waals surface area contributed by atoms with Crippen LogP contribution in [0.5, 0.6) is 0 Å². The minimum atomic E-state index is 1.27. The first kappa shape index (κ1) is 4.69. The number of hydrogen-bond acceptors (Lipinski definition) is 1. The molecule has 1 aliphatic rings. The van der Waals surface area contributed by atoms with Gasteiger partial charge in [0, 0.05) is 13.1 Å². The van der Waals surface area contributed by atoms with Crippen molar-refractivity contribution < 1.29 is 0 Å². The summed E-state index contributed by atoms with van der Waals surface area (Å²) < 4.78 is 0. The number of allylic oxidation sites excluding steroid dienone is 1. The van der Waals surface area contributed by atoms with Gasteiger partial charge in [0.05, 0.1) is 0 Å². The zero-order chi connectivity index (χ0) is 5.28. The van der Waals surface area contributed by atoms with Crippen molar-refractivity contribution in [2.75, 3.05) is 13.1 Å². The number of hydrogen-bond donors (Lipinski definition) is 0. The van der Waals surface area contributed by atoms with Crippen LogP contribution in [0.1, 0.15) is 13.8 Å². The molecule has 0 amide bonds. The van der Waals surface area contributed by atoms with Gasteiger partial charge in [-0.3, -0.25) is 0 Å². The summed E-state index contributed by atoms with van der Waals surface area (Å²) >= 11 is 0. The second-order valence-electron chi connectivity index (χ2n) is 2.24. The van der Waals surface area contributed by atoms with Crippen LogP contribution in [-0.2, 0) is 0 Å². The van der Waals surface area contributed by atoms with E-state index in [0.29, 0.717) is 0 Å². The van der Waals surface area contributed by atoms with Crippen molar-refractivity contribution in [2.24, 2.45) is 0 Å². The molecule has 0 saturated carbocycles. The van der Waals surface area contributed by atoms with E-state index in [9.17, 15) is 0 Å². The van der Waals surface area contributed by atoms with Gasteiger partial charge in [-0.25, -0.2) is 0 Å². The maximum atomic E-state index is 2.29. The zero-order valence-corrected chi connectivity index (χ0v) is 4.94. The molecule has 0 N–H and O–H groups in total. The van der Waals surface area contributed by atoms with Crippen molar-refractivity contribution in [1.82, 2.24) is 4.90 Å². The molecule has 0 aromatic carbocycles. The van der Waals surface area contributed by atoms with Crippen LogP contribution in [0.3, 0.4) is 0 Å². The molecule has 1 saturated heterocycles. The van der Waals surface area contributed by atoms with Crippen molar-refractivity contribution in [2.45, 2.75) is 13.8 Å². The van der Waals surface area contributed by atoms with Crippen LogP contribution in [0.25, 0.3) is 0 Å². The van der Waals surface area contributed by atoms with Gasteiger partial charge in [-0.05, 0) is 20.0 Å². The Balaban J connectivity index is 2.29. The largest absolute Gasteiger partial charge is 0.374 e. The Morgan fingerprint density at radius 2 is 2.00 bits per heavy atom. The average Bonchev–Trinajstić information content (AvgIpc) is 2.17. The minimum absolute atomic E-state index is 1.27. The third-order valence-corrected chi connectivity index (χ3v) is 0.923. The summed E-state index contributed by atoms with van der Waals surface area (Å²) in [6.45, 7) is 6.78. The Labute approximate surface area is 44.6 Å². The summed E-state index contributed by atoms with van der Waals surface area (Å²) in [5.41, 5.74) is 1.40.